The van der Waals surface area contributed by atoms with Crippen LogP contribution in [0.3, 0.4) is 0 Å². The third kappa shape index (κ3) is 4.89. The average Bonchev–Trinajstić information content (AvgIpc) is 1.86. The Morgan fingerprint density at radius 2 is 2.20 bits per heavy atom. The van der Waals surface area contributed by atoms with E-state index in [1.54, 1.807) is 0 Å². The molecule has 0 aliphatic rings. The molecule has 0 amide bonds. The maximum absolute atomic E-state index is 3.24. The Bertz CT molecular complexity index is 106. The van der Waals surface area contributed by atoms with Crippen molar-refractivity contribution in [3.63, 3.8) is 0 Å². The monoisotopic (exact) mass is 159 g/mol. The fourth-order valence-corrected chi connectivity index (χ4v) is 1.42. The molecule has 1 nitrogen and oxygen atoms in total. The van der Waals surface area contributed by atoms with Crippen molar-refractivity contribution in [1.29, 1.82) is 0 Å². The number of thioether (sulfide) groups is 1. The molecular formula is C8H17NS. The molecule has 0 saturated carbocycles. The van der Waals surface area contributed by atoms with Gasteiger partial charge in [0.2, 0.25) is 0 Å². The Morgan fingerprint density at radius 1 is 1.60 bits per heavy atom. The molecule has 0 aliphatic heterocycles. The molecule has 0 aromatic rings. The van der Waals surface area contributed by atoms with Crippen LogP contribution in [0.25, 0.3) is 0 Å². The summed E-state index contributed by atoms with van der Waals surface area (Å²) in [4.78, 5) is 0. The normalized spacial score (nSPS) is 12.8. The topological polar surface area (TPSA) is 12.0 Å². The van der Waals surface area contributed by atoms with Crippen LogP contribution in [0.2, 0.25) is 0 Å². The van der Waals surface area contributed by atoms with Crippen molar-refractivity contribution >= 4 is 11.8 Å². The zero-order chi connectivity index (χ0) is 7.98. The lowest BCUT2D eigenvalue weighted by molar-refractivity contribution is 0.734. The van der Waals surface area contributed by atoms with E-state index in [-0.39, 0.29) is 0 Å². The van der Waals surface area contributed by atoms with E-state index >= 15 is 0 Å². The van der Waals surface area contributed by atoms with E-state index in [9.17, 15) is 0 Å². The number of hydrogen-bond donors (Lipinski definition) is 1. The van der Waals surface area contributed by atoms with E-state index in [1.165, 1.54) is 5.57 Å². The van der Waals surface area contributed by atoms with Gasteiger partial charge in [0.25, 0.3) is 0 Å². The molecule has 0 heterocycles. The van der Waals surface area contributed by atoms with E-state index in [0.29, 0.717) is 6.04 Å². The highest BCUT2D eigenvalue weighted by Crippen LogP contribution is 2.00. The van der Waals surface area contributed by atoms with Crippen LogP contribution in [-0.4, -0.2) is 25.1 Å². The van der Waals surface area contributed by atoms with Crippen molar-refractivity contribution in [3.05, 3.63) is 11.6 Å². The van der Waals surface area contributed by atoms with Crippen LogP contribution < -0.4 is 5.32 Å². The second kappa shape index (κ2) is 5.81. The Morgan fingerprint density at radius 3 is 2.50 bits per heavy atom. The quantitative estimate of drug-likeness (QED) is 0.629. The van der Waals surface area contributed by atoms with Gasteiger partial charge in [-0.3, -0.25) is 0 Å². The van der Waals surface area contributed by atoms with Gasteiger partial charge >= 0.3 is 0 Å². The molecule has 0 saturated heterocycles. The summed E-state index contributed by atoms with van der Waals surface area (Å²) < 4.78 is 0. The maximum Gasteiger partial charge on any atom is 0.0340 e. The minimum Gasteiger partial charge on any atom is -0.313 e. The molecule has 10 heavy (non-hydrogen) atoms. The fraction of sp³-hybridized carbons (Fsp3) is 0.750. The molecule has 0 aromatic heterocycles. The van der Waals surface area contributed by atoms with Crippen molar-refractivity contribution in [2.75, 3.05) is 19.1 Å². The van der Waals surface area contributed by atoms with Crippen molar-refractivity contribution < 1.29 is 0 Å². The van der Waals surface area contributed by atoms with Crippen molar-refractivity contribution in [2.45, 2.75) is 19.9 Å². The molecule has 0 aromatic carbocycles. The summed E-state index contributed by atoms with van der Waals surface area (Å²) in [7, 11) is 2.00. The summed E-state index contributed by atoms with van der Waals surface area (Å²) in [5.74, 6) is 1.15. The van der Waals surface area contributed by atoms with Gasteiger partial charge in [0.15, 0.2) is 0 Å². The largest absolute Gasteiger partial charge is 0.313 e. The van der Waals surface area contributed by atoms with Gasteiger partial charge in [0.05, 0.1) is 0 Å². The van der Waals surface area contributed by atoms with Gasteiger partial charge in [0, 0.05) is 11.8 Å². The van der Waals surface area contributed by atoms with Gasteiger partial charge in [-0.25, -0.2) is 0 Å². The highest BCUT2D eigenvalue weighted by molar-refractivity contribution is 7.98. The molecular weight excluding hydrogens is 142 g/mol. The second-order valence-electron chi connectivity index (χ2n) is 2.59. The van der Waals surface area contributed by atoms with Crippen LogP contribution in [0.15, 0.2) is 11.6 Å². The van der Waals surface area contributed by atoms with Gasteiger partial charge in [-0.15, -0.1) is 0 Å². The maximum atomic E-state index is 3.24. The second-order valence-corrected chi connectivity index (χ2v) is 3.51. The van der Waals surface area contributed by atoms with Gasteiger partial charge in [-0.1, -0.05) is 11.6 Å². The Balaban J connectivity index is 3.71. The molecule has 0 aliphatic carbocycles. The van der Waals surface area contributed by atoms with E-state index in [4.69, 9.17) is 0 Å². The van der Waals surface area contributed by atoms with Crippen LogP contribution in [-0.2, 0) is 0 Å². The minimum absolute atomic E-state index is 0.542. The highest BCUT2D eigenvalue weighted by atomic mass is 32.2. The summed E-state index contributed by atoms with van der Waals surface area (Å²) in [6.07, 6.45) is 4.39. The van der Waals surface area contributed by atoms with Crippen LogP contribution in [0.1, 0.15) is 13.8 Å². The number of likely N-dealkylation sites (N-methyl/N-ethyl adjacent to an activating group) is 1. The lowest BCUT2D eigenvalue weighted by Gasteiger charge is -2.09. The first-order valence-electron chi connectivity index (χ1n) is 3.52. The van der Waals surface area contributed by atoms with Gasteiger partial charge < -0.3 is 5.32 Å². The van der Waals surface area contributed by atoms with E-state index in [2.05, 4.69) is 31.5 Å². The molecule has 2 heteroatoms. The van der Waals surface area contributed by atoms with E-state index in [0.717, 1.165) is 5.75 Å². The smallest absolute Gasteiger partial charge is 0.0340 e. The number of rotatable bonds is 4. The van der Waals surface area contributed by atoms with Crippen LogP contribution in [0.4, 0.5) is 0 Å². The zero-order valence-corrected chi connectivity index (χ0v) is 8.09. The summed E-state index contributed by atoms with van der Waals surface area (Å²) in [5, 5.41) is 3.24. The Labute approximate surface area is 68.3 Å². The average molecular weight is 159 g/mol. The van der Waals surface area contributed by atoms with Crippen molar-refractivity contribution in [3.8, 4) is 0 Å². The zero-order valence-electron chi connectivity index (χ0n) is 7.27. The lowest BCUT2D eigenvalue weighted by atomic mass is 10.2. The predicted octanol–water partition coefficient (Wildman–Crippen LogP) is 1.90. The van der Waals surface area contributed by atoms with Crippen molar-refractivity contribution in [2.24, 2.45) is 0 Å². The molecule has 0 radical (unpaired) electrons. The summed E-state index contributed by atoms with van der Waals surface area (Å²) >= 11 is 1.87. The number of nitrogens with one attached hydrogen (secondary N) is 1. The summed E-state index contributed by atoms with van der Waals surface area (Å²) in [6, 6.07) is 0.542. The molecule has 0 bridgehead atoms. The first kappa shape index (κ1) is 10.0. The predicted molar refractivity (Wildman–Crippen MR) is 50.7 cm³/mol. The molecule has 0 spiro atoms. The van der Waals surface area contributed by atoms with Crippen molar-refractivity contribution in [1.82, 2.24) is 5.32 Å². The highest BCUT2D eigenvalue weighted by Gasteiger charge is 1.98. The van der Waals surface area contributed by atoms with Gasteiger partial charge in [-0.05, 0) is 27.2 Å². The molecule has 60 valence electrons. The molecule has 0 fully saturated rings. The van der Waals surface area contributed by atoms with Crippen LogP contribution >= 0.6 is 11.8 Å². The molecule has 1 atom stereocenters. The van der Waals surface area contributed by atoms with Gasteiger partial charge in [0.1, 0.15) is 0 Å². The lowest BCUT2D eigenvalue weighted by Crippen LogP contribution is -2.25. The Hall–Kier alpha value is 0.0500. The third-order valence-electron chi connectivity index (χ3n) is 1.25. The number of allylic oxidation sites excluding steroid dienone is 1. The van der Waals surface area contributed by atoms with E-state index in [1.807, 2.05) is 18.8 Å². The van der Waals surface area contributed by atoms with E-state index < -0.39 is 0 Å². The molecule has 1 N–H and O–H groups in total. The first-order valence-corrected chi connectivity index (χ1v) is 4.91. The fourth-order valence-electron chi connectivity index (χ4n) is 0.797. The third-order valence-corrected chi connectivity index (χ3v) is 1.94. The number of hydrogen-bond acceptors (Lipinski definition) is 2. The summed E-state index contributed by atoms with van der Waals surface area (Å²) in [6.45, 7) is 4.26. The standard InChI is InChI=1S/C8H17NS/c1-7(2)5-8(9-3)6-10-4/h5,8-9H,6H2,1-4H3. The summed E-state index contributed by atoms with van der Waals surface area (Å²) in [5.41, 5.74) is 1.38. The molecule has 1 unspecified atom stereocenters. The SMILES string of the molecule is CNC(C=C(C)C)CSC. The van der Waals surface area contributed by atoms with Crippen LogP contribution in [0, 0.1) is 0 Å². The Kier molecular flexibility index (Phi) is 5.84. The first-order chi connectivity index (χ1) is 4.70. The minimum atomic E-state index is 0.542. The van der Waals surface area contributed by atoms with Gasteiger partial charge in [-0.2, -0.15) is 11.8 Å². The molecule has 0 rings (SSSR count). The van der Waals surface area contributed by atoms with Crippen LogP contribution in [0.5, 0.6) is 0 Å².